The first-order chi connectivity index (χ1) is 9.97. The number of hydrogen-bond donors (Lipinski definition) is 3. The van der Waals surface area contributed by atoms with Gasteiger partial charge in [0.05, 0.1) is 12.4 Å². The van der Waals surface area contributed by atoms with Crippen LogP contribution in [0.2, 0.25) is 0 Å². The standard InChI is InChI=1S/C11H16N2O9.Mg/c12-5(1-2-6(13)14)9(18)22-8(17)4-11(21,10(19)20)3-7(15)16;/h5,21H,1-4,12H2,(H2,13,14)(H,15,16)(H,19,20);/q;+2/p-2/t5-,11?;/m0./s1. The van der Waals surface area contributed by atoms with Crippen LogP contribution in [-0.4, -0.2) is 69.6 Å². The van der Waals surface area contributed by atoms with Gasteiger partial charge >= 0.3 is 35.0 Å². The molecule has 0 spiro atoms. The predicted octanol–water partition coefficient (Wildman–Crippen LogP) is -5.72. The summed E-state index contributed by atoms with van der Waals surface area (Å²) in [5, 5.41) is 30.5. The molecule has 0 saturated carbocycles. The van der Waals surface area contributed by atoms with Crippen molar-refractivity contribution in [2.45, 2.75) is 37.3 Å². The van der Waals surface area contributed by atoms with Gasteiger partial charge in [-0.3, -0.25) is 9.59 Å². The van der Waals surface area contributed by atoms with E-state index in [4.69, 9.17) is 11.5 Å². The van der Waals surface area contributed by atoms with Crippen LogP contribution < -0.4 is 21.7 Å². The number of carbonyl (C=O) groups excluding carboxylic acids is 5. The zero-order valence-electron chi connectivity index (χ0n) is 12.0. The normalized spacial score (nSPS) is 13.8. The maximum atomic E-state index is 11.4. The summed E-state index contributed by atoms with van der Waals surface area (Å²) in [6, 6.07) is -1.38. The Bertz CT molecular complexity index is 496. The van der Waals surface area contributed by atoms with Gasteiger partial charge in [-0.15, -0.1) is 0 Å². The molecule has 11 nitrogen and oxygen atoms in total. The Kier molecular flexibility index (Phi) is 10.3. The number of esters is 2. The summed E-state index contributed by atoms with van der Waals surface area (Å²) in [5.41, 5.74) is 7.02. The second kappa shape index (κ2) is 10.1. The third-order valence-corrected chi connectivity index (χ3v) is 2.47. The molecule has 0 rings (SSSR count). The molecule has 5 N–H and O–H groups in total. The first-order valence-corrected chi connectivity index (χ1v) is 5.90. The van der Waals surface area contributed by atoms with E-state index in [9.17, 15) is 39.3 Å². The minimum atomic E-state index is -3.09. The third-order valence-electron chi connectivity index (χ3n) is 2.47. The van der Waals surface area contributed by atoms with E-state index < -0.39 is 54.3 Å². The Labute approximate surface area is 146 Å². The molecule has 12 heteroatoms. The molecule has 0 radical (unpaired) electrons. The first kappa shape index (κ1) is 23.5. The summed E-state index contributed by atoms with van der Waals surface area (Å²) in [5.74, 6) is -7.77. The number of primary amides is 1. The minimum Gasteiger partial charge on any atom is -0.550 e. The van der Waals surface area contributed by atoms with Gasteiger partial charge in [0.2, 0.25) is 5.91 Å². The number of ether oxygens (including phenoxy) is 1. The second-order valence-electron chi connectivity index (χ2n) is 4.45. The fourth-order valence-electron chi connectivity index (χ4n) is 1.32. The van der Waals surface area contributed by atoms with Crippen LogP contribution in [0.5, 0.6) is 0 Å². The molecule has 23 heavy (non-hydrogen) atoms. The molecule has 1 amide bonds. The van der Waals surface area contributed by atoms with Crippen LogP contribution in [0.15, 0.2) is 0 Å². The molecule has 0 aromatic carbocycles. The van der Waals surface area contributed by atoms with Gasteiger partial charge in [-0.1, -0.05) is 0 Å². The third kappa shape index (κ3) is 9.07. The van der Waals surface area contributed by atoms with E-state index >= 15 is 0 Å². The van der Waals surface area contributed by atoms with Crippen LogP contribution >= 0.6 is 0 Å². The van der Waals surface area contributed by atoms with Crippen molar-refractivity contribution >= 4 is 52.8 Å². The van der Waals surface area contributed by atoms with Crippen molar-refractivity contribution in [2.75, 3.05) is 0 Å². The summed E-state index contributed by atoms with van der Waals surface area (Å²) in [7, 11) is 0. The van der Waals surface area contributed by atoms with Gasteiger partial charge in [0, 0.05) is 18.8 Å². The zero-order valence-corrected chi connectivity index (χ0v) is 13.4. The average Bonchev–Trinajstić information content (AvgIpc) is 2.33. The molecule has 0 aliphatic rings. The van der Waals surface area contributed by atoms with Gasteiger partial charge in [-0.05, 0) is 6.42 Å². The summed E-state index contributed by atoms with van der Waals surface area (Å²) in [6.07, 6.45) is -3.27. The molecule has 0 aromatic rings. The number of carboxylic acid groups (broad SMARTS) is 2. The molecule has 2 atom stereocenters. The van der Waals surface area contributed by atoms with Gasteiger partial charge in [-0.2, -0.15) is 0 Å². The smallest absolute Gasteiger partial charge is 0.550 e. The summed E-state index contributed by atoms with van der Waals surface area (Å²) < 4.78 is 4.15. The van der Waals surface area contributed by atoms with E-state index in [0.29, 0.717) is 0 Å². The maximum absolute atomic E-state index is 11.4. The fourth-order valence-corrected chi connectivity index (χ4v) is 1.32. The molecule has 0 fully saturated rings. The number of hydrogen-bond acceptors (Lipinski definition) is 10. The van der Waals surface area contributed by atoms with E-state index in [1.165, 1.54) is 0 Å². The molecule has 0 aliphatic carbocycles. The molecule has 0 aliphatic heterocycles. The van der Waals surface area contributed by atoms with Gasteiger partial charge in [0.25, 0.3) is 0 Å². The van der Waals surface area contributed by atoms with E-state index in [2.05, 4.69) is 4.74 Å². The van der Waals surface area contributed by atoms with Crippen LogP contribution in [0.3, 0.4) is 0 Å². The van der Waals surface area contributed by atoms with Crippen LogP contribution in [0.4, 0.5) is 0 Å². The van der Waals surface area contributed by atoms with Gasteiger partial charge in [0.15, 0.2) is 0 Å². The zero-order chi connectivity index (χ0) is 17.5. The van der Waals surface area contributed by atoms with Gasteiger partial charge in [0.1, 0.15) is 11.6 Å². The number of nitrogens with two attached hydrogens (primary N) is 2. The number of rotatable bonds is 9. The molecule has 0 saturated heterocycles. The maximum Gasteiger partial charge on any atom is 2.00 e. The SMILES string of the molecule is NC(=O)CC[C@H](N)C(=O)OC(=O)CC(O)(CC(=O)[O-])C(=O)[O-].[Mg+2]. The molecule has 0 aromatic heterocycles. The van der Waals surface area contributed by atoms with Crippen LogP contribution in [0, 0.1) is 0 Å². The van der Waals surface area contributed by atoms with Crippen molar-refractivity contribution in [1.82, 2.24) is 0 Å². The molecular formula is C11H14MgN2O9. The van der Waals surface area contributed by atoms with Crippen LogP contribution in [0.1, 0.15) is 25.7 Å². The van der Waals surface area contributed by atoms with Crippen molar-refractivity contribution < 1.29 is 44.0 Å². The van der Waals surface area contributed by atoms with E-state index in [1.54, 1.807) is 0 Å². The Morgan fingerprint density at radius 2 is 1.65 bits per heavy atom. The number of carboxylic acids is 2. The number of aliphatic carboxylic acids is 2. The van der Waals surface area contributed by atoms with E-state index in [1.807, 2.05) is 0 Å². The Hall–Kier alpha value is -1.76. The van der Waals surface area contributed by atoms with E-state index in [0.717, 1.165) is 0 Å². The predicted molar refractivity (Wildman–Crippen MR) is 67.5 cm³/mol. The molecule has 0 heterocycles. The van der Waals surface area contributed by atoms with Gasteiger partial charge < -0.3 is 41.1 Å². The minimum absolute atomic E-state index is 0. The topological polar surface area (TPSA) is 213 Å². The number of aliphatic hydroxyl groups is 1. The van der Waals surface area contributed by atoms with Crippen molar-refractivity contribution in [3.63, 3.8) is 0 Å². The van der Waals surface area contributed by atoms with Crippen molar-refractivity contribution in [2.24, 2.45) is 11.5 Å². The quantitative estimate of drug-likeness (QED) is 0.205. The second-order valence-corrected chi connectivity index (χ2v) is 4.45. The first-order valence-electron chi connectivity index (χ1n) is 5.90. The fraction of sp³-hybridized carbons (Fsp3) is 0.545. The summed E-state index contributed by atoms with van der Waals surface area (Å²) in [4.78, 5) is 54.2. The number of carbonyl (C=O) groups is 5. The molecule has 1 unspecified atom stereocenters. The Morgan fingerprint density at radius 3 is 2.04 bits per heavy atom. The van der Waals surface area contributed by atoms with Crippen LogP contribution in [-0.2, 0) is 28.7 Å². The molecular weight excluding hydrogens is 328 g/mol. The monoisotopic (exact) mass is 342 g/mol. The summed E-state index contributed by atoms with van der Waals surface area (Å²) in [6.45, 7) is 0. The van der Waals surface area contributed by atoms with Crippen LogP contribution in [0.25, 0.3) is 0 Å². The summed E-state index contributed by atoms with van der Waals surface area (Å²) >= 11 is 0. The van der Waals surface area contributed by atoms with Gasteiger partial charge in [-0.25, -0.2) is 4.79 Å². The van der Waals surface area contributed by atoms with Crippen molar-refractivity contribution in [1.29, 1.82) is 0 Å². The average molecular weight is 343 g/mol. The van der Waals surface area contributed by atoms with E-state index in [-0.39, 0.29) is 35.9 Å². The largest absolute Gasteiger partial charge is 2.00 e. The van der Waals surface area contributed by atoms with Crippen molar-refractivity contribution in [3.8, 4) is 0 Å². The van der Waals surface area contributed by atoms with Crippen molar-refractivity contribution in [3.05, 3.63) is 0 Å². The molecule has 124 valence electrons. The molecule has 0 bridgehead atoms. The Morgan fingerprint density at radius 1 is 1.13 bits per heavy atom. The Balaban J connectivity index is 0. The number of amides is 1.